The SMILES string of the molecule is CCCCCCCCC(C)=NOC(=O)NCc1ccccc1. The molecule has 1 N–H and O–H groups in total. The second-order valence-electron chi connectivity index (χ2n) is 5.56. The van der Waals surface area contributed by atoms with Gasteiger partial charge in [0.25, 0.3) is 0 Å². The molecule has 22 heavy (non-hydrogen) atoms. The molecular weight excluding hydrogens is 276 g/mol. The fraction of sp³-hybridized carbons (Fsp3) is 0.556. The monoisotopic (exact) mass is 304 g/mol. The lowest BCUT2D eigenvalue weighted by Crippen LogP contribution is -2.22. The van der Waals surface area contributed by atoms with Crippen molar-refractivity contribution >= 4 is 11.8 Å². The van der Waals surface area contributed by atoms with E-state index in [1.807, 2.05) is 37.3 Å². The van der Waals surface area contributed by atoms with Gasteiger partial charge in [-0.05, 0) is 25.3 Å². The van der Waals surface area contributed by atoms with E-state index in [1.165, 1.54) is 32.1 Å². The summed E-state index contributed by atoms with van der Waals surface area (Å²) in [5.41, 5.74) is 1.90. The van der Waals surface area contributed by atoms with Crippen molar-refractivity contribution in [3.05, 3.63) is 35.9 Å². The van der Waals surface area contributed by atoms with E-state index in [1.54, 1.807) is 0 Å². The number of nitrogens with one attached hydrogen (secondary N) is 1. The number of oxime groups is 1. The van der Waals surface area contributed by atoms with Crippen molar-refractivity contribution in [2.45, 2.75) is 65.3 Å². The summed E-state index contributed by atoms with van der Waals surface area (Å²) in [6, 6.07) is 9.72. The average molecular weight is 304 g/mol. The van der Waals surface area contributed by atoms with Crippen LogP contribution in [0.5, 0.6) is 0 Å². The zero-order valence-electron chi connectivity index (χ0n) is 13.8. The Kier molecular flexibility index (Phi) is 9.75. The Labute approximate surface area is 133 Å². The number of benzene rings is 1. The number of carbonyl (C=O) groups is 1. The molecule has 0 aromatic heterocycles. The van der Waals surface area contributed by atoms with E-state index in [4.69, 9.17) is 4.84 Å². The van der Waals surface area contributed by atoms with E-state index in [9.17, 15) is 4.79 Å². The standard InChI is InChI=1S/C18H28N2O2/c1-3-4-5-6-7-9-12-16(2)20-22-18(21)19-15-17-13-10-8-11-14-17/h8,10-11,13-14H,3-7,9,12,15H2,1-2H3,(H,19,21). The number of carbonyl (C=O) groups excluding carboxylic acids is 1. The number of hydrogen-bond acceptors (Lipinski definition) is 3. The lowest BCUT2D eigenvalue weighted by molar-refractivity contribution is 0.149. The Hall–Kier alpha value is -1.84. The molecule has 0 atom stereocenters. The van der Waals surface area contributed by atoms with Gasteiger partial charge in [0, 0.05) is 6.54 Å². The molecular formula is C18H28N2O2. The quantitative estimate of drug-likeness (QED) is 0.285. The van der Waals surface area contributed by atoms with Crippen molar-refractivity contribution in [1.29, 1.82) is 0 Å². The molecule has 4 nitrogen and oxygen atoms in total. The molecule has 0 unspecified atom stereocenters. The topological polar surface area (TPSA) is 50.7 Å². The van der Waals surface area contributed by atoms with Crippen LogP contribution in [0.15, 0.2) is 35.5 Å². The Bertz CT molecular complexity index is 444. The Morgan fingerprint density at radius 3 is 2.50 bits per heavy atom. The van der Waals surface area contributed by atoms with Crippen LogP contribution in [0.1, 0.15) is 64.4 Å². The summed E-state index contributed by atoms with van der Waals surface area (Å²) >= 11 is 0. The smallest absolute Gasteiger partial charge is 0.316 e. The Morgan fingerprint density at radius 2 is 1.77 bits per heavy atom. The van der Waals surface area contributed by atoms with Crippen LogP contribution in [-0.4, -0.2) is 11.8 Å². The third-order valence-corrected chi connectivity index (χ3v) is 3.46. The Morgan fingerprint density at radius 1 is 1.09 bits per heavy atom. The fourth-order valence-corrected chi connectivity index (χ4v) is 2.13. The number of rotatable bonds is 10. The summed E-state index contributed by atoms with van der Waals surface area (Å²) in [5, 5.41) is 6.55. The first-order valence-electron chi connectivity index (χ1n) is 8.24. The molecule has 122 valence electrons. The number of nitrogens with zero attached hydrogens (tertiary/aromatic N) is 1. The average Bonchev–Trinajstić information content (AvgIpc) is 2.55. The first-order valence-corrected chi connectivity index (χ1v) is 8.24. The van der Waals surface area contributed by atoms with E-state index in [0.717, 1.165) is 24.1 Å². The van der Waals surface area contributed by atoms with Gasteiger partial charge in [0.2, 0.25) is 0 Å². The van der Waals surface area contributed by atoms with Crippen LogP contribution in [0, 0.1) is 0 Å². The number of amides is 1. The number of unbranched alkanes of at least 4 members (excludes halogenated alkanes) is 5. The largest absolute Gasteiger partial charge is 0.433 e. The van der Waals surface area contributed by atoms with Gasteiger partial charge in [-0.25, -0.2) is 4.79 Å². The molecule has 4 heteroatoms. The minimum atomic E-state index is -0.508. The van der Waals surface area contributed by atoms with E-state index >= 15 is 0 Å². The van der Waals surface area contributed by atoms with Crippen LogP contribution < -0.4 is 5.32 Å². The van der Waals surface area contributed by atoms with Gasteiger partial charge in [-0.3, -0.25) is 4.84 Å². The van der Waals surface area contributed by atoms with Crippen molar-refractivity contribution in [1.82, 2.24) is 5.32 Å². The molecule has 1 aromatic rings. The van der Waals surface area contributed by atoms with Crippen molar-refractivity contribution in [3.63, 3.8) is 0 Å². The van der Waals surface area contributed by atoms with Crippen molar-refractivity contribution < 1.29 is 9.63 Å². The molecule has 0 radical (unpaired) electrons. The van der Waals surface area contributed by atoms with Crippen LogP contribution >= 0.6 is 0 Å². The first-order chi connectivity index (χ1) is 10.7. The molecule has 0 spiro atoms. The predicted molar refractivity (Wildman–Crippen MR) is 90.9 cm³/mol. The molecule has 1 rings (SSSR count). The predicted octanol–water partition coefficient (Wildman–Crippen LogP) is 5.04. The molecule has 0 fully saturated rings. The minimum Gasteiger partial charge on any atom is -0.316 e. The summed E-state index contributed by atoms with van der Waals surface area (Å²) in [4.78, 5) is 16.4. The molecule has 0 heterocycles. The molecule has 0 saturated heterocycles. The van der Waals surface area contributed by atoms with E-state index in [2.05, 4.69) is 17.4 Å². The van der Waals surface area contributed by atoms with Crippen molar-refractivity contribution in [2.24, 2.45) is 5.16 Å². The van der Waals surface area contributed by atoms with Gasteiger partial charge >= 0.3 is 6.09 Å². The lowest BCUT2D eigenvalue weighted by Gasteiger charge is -2.04. The van der Waals surface area contributed by atoms with Gasteiger partial charge in [-0.15, -0.1) is 0 Å². The minimum absolute atomic E-state index is 0.450. The van der Waals surface area contributed by atoms with E-state index in [-0.39, 0.29) is 0 Å². The fourth-order valence-electron chi connectivity index (χ4n) is 2.13. The Balaban J connectivity index is 2.10. The summed E-state index contributed by atoms with van der Waals surface area (Å²) < 4.78 is 0. The van der Waals surface area contributed by atoms with Gasteiger partial charge in [0.1, 0.15) is 0 Å². The lowest BCUT2D eigenvalue weighted by atomic mass is 10.1. The van der Waals surface area contributed by atoms with E-state index in [0.29, 0.717) is 6.54 Å². The zero-order chi connectivity index (χ0) is 16.0. The highest BCUT2D eigenvalue weighted by atomic mass is 16.7. The maximum Gasteiger partial charge on any atom is 0.433 e. The molecule has 1 amide bonds. The summed E-state index contributed by atoms with van der Waals surface area (Å²) in [7, 11) is 0. The van der Waals surface area contributed by atoms with E-state index < -0.39 is 6.09 Å². The normalized spacial score (nSPS) is 11.3. The van der Waals surface area contributed by atoms with Crippen LogP contribution in [0.25, 0.3) is 0 Å². The highest BCUT2D eigenvalue weighted by Gasteiger charge is 2.02. The summed E-state index contributed by atoms with van der Waals surface area (Å²) in [6.07, 6.45) is 7.87. The van der Waals surface area contributed by atoms with Crippen LogP contribution in [0.3, 0.4) is 0 Å². The molecule has 0 aliphatic carbocycles. The highest BCUT2D eigenvalue weighted by molar-refractivity contribution is 5.82. The van der Waals surface area contributed by atoms with Crippen molar-refractivity contribution in [3.8, 4) is 0 Å². The second kappa shape index (κ2) is 11.8. The van der Waals surface area contributed by atoms with Crippen LogP contribution in [0.2, 0.25) is 0 Å². The number of hydrogen-bond donors (Lipinski definition) is 1. The zero-order valence-corrected chi connectivity index (χ0v) is 13.8. The van der Waals surface area contributed by atoms with Gasteiger partial charge in [0.15, 0.2) is 0 Å². The molecule has 0 bridgehead atoms. The molecule has 1 aromatic carbocycles. The first kappa shape index (κ1) is 18.2. The summed E-state index contributed by atoms with van der Waals surface area (Å²) in [5.74, 6) is 0. The van der Waals surface area contributed by atoms with Crippen molar-refractivity contribution in [2.75, 3.05) is 0 Å². The van der Waals surface area contributed by atoms with Gasteiger partial charge in [-0.1, -0.05) is 74.5 Å². The highest BCUT2D eigenvalue weighted by Crippen LogP contribution is 2.07. The molecule has 0 aliphatic heterocycles. The molecule has 0 aliphatic rings. The maximum absolute atomic E-state index is 11.5. The maximum atomic E-state index is 11.5. The second-order valence-corrected chi connectivity index (χ2v) is 5.56. The van der Waals surface area contributed by atoms with Gasteiger partial charge < -0.3 is 5.32 Å². The van der Waals surface area contributed by atoms with Crippen LogP contribution in [-0.2, 0) is 11.4 Å². The van der Waals surface area contributed by atoms with Gasteiger partial charge in [0.05, 0.1) is 5.71 Å². The third-order valence-electron chi connectivity index (χ3n) is 3.46. The van der Waals surface area contributed by atoms with Gasteiger partial charge in [-0.2, -0.15) is 0 Å². The summed E-state index contributed by atoms with van der Waals surface area (Å²) in [6.45, 7) is 4.57. The molecule has 0 saturated carbocycles. The van der Waals surface area contributed by atoms with Crippen LogP contribution in [0.4, 0.5) is 4.79 Å². The third kappa shape index (κ3) is 9.16.